The summed E-state index contributed by atoms with van der Waals surface area (Å²) in [4.78, 5) is 19.5. The summed E-state index contributed by atoms with van der Waals surface area (Å²) in [6.45, 7) is 2.63. The van der Waals surface area contributed by atoms with Gasteiger partial charge in [0.15, 0.2) is 0 Å². The number of hydrogen-bond acceptors (Lipinski definition) is 5. The molecule has 8 heteroatoms. The summed E-state index contributed by atoms with van der Waals surface area (Å²) in [5.41, 5.74) is -1.45. The van der Waals surface area contributed by atoms with E-state index in [4.69, 9.17) is 11.6 Å². The standard InChI is InChI=1S/C8H7ClN2O5/c1-3-5(9)4(2)7(11(15)16)8(12)6(3)10(13)14/h12H,1-2H3. The zero-order valence-electron chi connectivity index (χ0n) is 8.35. The largest absolute Gasteiger partial charge is 0.497 e. The van der Waals surface area contributed by atoms with Gasteiger partial charge < -0.3 is 5.11 Å². The number of nitrogens with zero attached hydrogens (tertiary/aromatic N) is 2. The second-order valence-electron chi connectivity index (χ2n) is 3.12. The zero-order valence-corrected chi connectivity index (χ0v) is 9.11. The highest BCUT2D eigenvalue weighted by molar-refractivity contribution is 6.33. The van der Waals surface area contributed by atoms with Gasteiger partial charge in [0.25, 0.3) is 5.75 Å². The smallest absolute Gasteiger partial charge is 0.322 e. The van der Waals surface area contributed by atoms with Gasteiger partial charge in [-0.05, 0) is 13.8 Å². The molecule has 0 saturated carbocycles. The van der Waals surface area contributed by atoms with Gasteiger partial charge >= 0.3 is 11.4 Å². The Bertz CT molecular complexity index is 459. The predicted octanol–water partition coefficient (Wildman–Crippen LogP) is 2.48. The zero-order chi connectivity index (χ0) is 12.6. The fourth-order valence-electron chi connectivity index (χ4n) is 1.40. The maximum Gasteiger partial charge on any atom is 0.322 e. The van der Waals surface area contributed by atoms with E-state index in [9.17, 15) is 25.3 Å². The van der Waals surface area contributed by atoms with Gasteiger partial charge in [-0.15, -0.1) is 0 Å². The van der Waals surface area contributed by atoms with Gasteiger partial charge in [-0.3, -0.25) is 20.2 Å². The number of nitro benzene ring substituents is 2. The maximum atomic E-state index is 10.6. The normalized spacial score (nSPS) is 10.2. The molecule has 0 fully saturated rings. The lowest BCUT2D eigenvalue weighted by atomic mass is 10.1. The van der Waals surface area contributed by atoms with Crippen LogP contribution in [0.3, 0.4) is 0 Å². The molecule has 0 aromatic heterocycles. The van der Waals surface area contributed by atoms with Crippen molar-refractivity contribution in [1.29, 1.82) is 0 Å². The summed E-state index contributed by atoms with van der Waals surface area (Å²) in [5.74, 6) is -0.964. The van der Waals surface area contributed by atoms with Gasteiger partial charge in [0, 0.05) is 0 Å². The molecule has 1 aromatic carbocycles. The van der Waals surface area contributed by atoms with Crippen LogP contribution in [0, 0.1) is 34.1 Å². The number of benzene rings is 1. The summed E-state index contributed by atoms with van der Waals surface area (Å²) < 4.78 is 0. The Balaban J connectivity index is 3.80. The molecule has 0 aliphatic heterocycles. The summed E-state index contributed by atoms with van der Waals surface area (Å²) in [6.07, 6.45) is 0. The number of phenolic OH excluding ortho intramolecular Hbond substituents is 1. The molecule has 16 heavy (non-hydrogen) atoms. The van der Waals surface area contributed by atoms with Crippen LogP contribution in [0.4, 0.5) is 11.4 Å². The number of nitro groups is 2. The van der Waals surface area contributed by atoms with E-state index in [1.54, 1.807) is 0 Å². The van der Waals surface area contributed by atoms with Gasteiger partial charge in [-0.2, -0.15) is 0 Å². The van der Waals surface area contributed by atoms with Crippen molar-refractivity contribution in [2.24, 2.45) is 0 Å². The van der Waals surface area contributed by atoms with Crippen LogP contribution in [0.2, 0.25) is 5.02 Å². The summed E-state index contributed by atoms with van der Waals surface area (Å²) >= 11 is 5.73. The first-order valence-corrected chi connectivity index (χ1v) is 4.47. The van der Waals surface area contributed by atoms with Crippen LogP contribution >= 0.6 is 11.6 Å². The first-order valence-electron chi connectivity index (χ1n) is 4.09. The summed E-state index contributed by atoms with van der Waals surface area (Å²) in [6, 6.07) is 0. The van der Waals surface area contributed by atoms with Crippen molar-refractivity contribution in [1.82, 2.24) is 0 Å². The lowest BCUT2D eigenvalue weighted by Crippen LogP contribution is -2.00. The minimum absolute atomic E-state index is 0.00673. The summed E-state index contributed by atoms with van der Waals surface area (Å²) in [7, 11) is 0. The quantitative estimate of drug-likeness (QED) is 0.637. The third kappa shape index (κ3) is 1.65. The predicted molar refractivity (Wildman–Crippen MR) is 55.9 cm³/mol. The highest BCUT2D eigenvalue weighted by atomic mass is 35.5. The van der Waals surface area contributed by atoms with Crippen molar-refractivity contribution < 1.29 is 15.0 Å². The Hall–Kier alpha value is -1.89. The highest BCUT2D eigenvalue weighted by Gasteiger charge is 2.32. The third-order valence-corrected chi connectivity index (χ3v) is 2.75. The molecule has 0 unspecified atom stereocenters. The van der Waals surface area contributed by atoms with Crippen LogP contribution in [0.1, 0.15) is 11.1 Å². The molecule has 1 N–H and O–H groups in total. The van der Waals surface area contributed by atoms with E-state index < -0.39 is 27.0 Å². The summed E-state index contributed by atoms with van der Waals surface area (Å²) in [5, 5.41) is 30.7. The van der Waals surface area contributed by atoms with E-state index in [2.05, 4.69) is 0 Å². The number of hydrogen-bond donors (Lipinski definition) is 1. The van der Waals surface area contributed by atoms with Gasteiger partial charge in [-0.1, -0.05) is 11.6 Å². The van der Waals surface area contributed by atoms with E-state index in [1.807, 2.05) is 0 Å². The minimum Gasteiger partial charge on any atom is -0.497 e. The van der Waals surface area contributed by atoms with Crippen LogP contribution in [0.15, 0.2) is 0 Å². The minimum atomic E-state index is -0.964. The average Bonchev–Trinajstić information content (AvgIpc) is 2.13. The van der Waals surface area contributed by atoms with Crippen molar-refractivity contribution in [2.45, 2.75) is 13.8 Å². The van der Waals surface area contributed by atoms with Gasteiger partial charge in [0.1, 0.15) is 0 Å². The van der Waals surface area contributed by atoms with E-state index in [0.29, 0.717) is 0 Å². The SMILES string of the molecule is Cc1c(Cl)c(C)c([N+](=O)[O-])c(O)c1[N+](=O)[O-]. The lowest BCUT2D eigenvalue weighted by Gasteiger charge is -2.06. The fraction of sp³-hybridized carbons (Fsp3) is 0.250. The molecule has 0 saturated heterocycles. The number of phenols is 1. The van der Waals surface area contributed by atoms with Crippen molar-refractivity contribution in [3.05, 3.63) is 36.4 Å². The van der Waals surface area contributed by atoms with Crippen molar-refractivity contribution in [3.63, 3.8) is 0 Å². The van der Waals surface area contributed by atoms with Crippen molar-refractivity contribution in [2.75, 3.05) is 0 Å². The Morgan fingerprint density at radius 1 is 1.06 bits per heavy atom. The number of aromatic hydroxyl groups is 1. The van der Waals surface area contributed by atoms with Crippen molar-refractivity contribution in [3.8, 4) is 5.75 Å². The van der Waals surface area contributed by atoms with Gasteiger partial charge in [0.05, 0.1) is 26.0 Å². The van der Waals surface area contributed by atoms with Crippen LogP contribution in [-0.4, -0.2) is 15.0 Å². The molecular formula is C8H7ClN2O5. The third-order valence-electron chi connectivity index (χ3n) is 2.18. The van der Waals surface area contributed by atoms with Crippen LogP contribution in [0.5, 0.6) is 5.75 Å². The molecule has 7 nitrogen and oxygen atoms in total. The second-order valence-corrected chi connectivity index (χ2v) is 3.50. The topological polar surface area (TPSA) is 107 Å². The molecule has 0 aliphatic rings. The Morgan fingerprint density at radius 2 is 1.38 bits per heavy atom. The monoisotopic (exact) mass is 246 g/mol. The molecule has 0 amide bonds. The molecule has 1 rings (SSSR count). The van der Waals surface area contributed by atoms with E-state index in [1.165, 1.54) is 13.8 Å². The molecule has 0 bridgehead atoms. The second kappa shape index (κ2) is 3.93. The number of rotatable bonds is 2. The molecular weight excluding hydrogens is 240 g/mol. The van der Waals surface area contributed by atoms with Crippen LogP contribution in [0.25, 0.3) is 0 Å². The molecule has 0 atom stereocenters. The molecule has 0 spiro atoms. The highest BCUT2D eigenvalue weighted by Crippen LogP contribution is 2.44. The number of halogens is 1. The van der Waals surface area contributed by atoms with Crippen LogP contribution < -0.4 is 0 Å². The Kier molecular flexibility index (Phi) is 2.99. The lowest BCUT2D eigenvalue weighted by molar-refractivity contribution is -0.396. The van der Waals surface area contributed by atoms with Crippen LogP contribution in [-0.2, 0) is 0 Å². The first kappa shape index (κ1) is 12.2. The van der Waals surface area contributed by atoms with Gasteiger partial charge in [-0.25, -0.2) is 0 Å². The van der Waals surface area contributed by atoms with Crippen molar-refractivity contribution >= 4 is 23.0 Å². The van der Waals surface area contributed by atoms with Gasteiger partial charge in [0.2, 0.25) is 0 Å². The Labute approximate surface area is 94.6 Å². The molecule has 0 heterocycles. The fourth-order valence-corrected chi connectivity index (χ4v) is 1.58. The molecule has 1 aromatic rings. The van der Waals surface area contributed by atoms with E-state index in [0.717, 1.165) is 0 Å². The molecule has 0 aliphatic carbocycles. The van der Waals surface area contributed by atoms with E-state index in [-0.39, 0.29) is 16.1 Å². The first-order chi connectivity index (χ1) is 7.29. The average molecular weight is 247 g/mol. The maximum absolute atomic E-state index is 10.6. The molecule has 0 radical (unpaired) electrons. The molecule has 86 valence electrons. The Morgan fingerprint density at radius 3 is 1.62 bits per heavy atom. The van der Waals surface area contributed by atoms with E-state index >= 15 is 0 Å².